The molecule has 0 atom stereocenters. The molecule has 1 heterocycles. The number of carboxylic acids is 1. The van der Waals surface area contributed by atoms with Gasteiger partial charge in [0.1, 0.15) is 0 Å². The van der Waals surface area contributed by atoms with Crippen LogP contribution in [0.4, 0.5) is 0 Å². The highest BCUT2D eigenvalue weighted by Crippen LogP contribution is 2.13. The summed E-state index contributed by atoms with van der Waals surface area (Å²) in [7, 11) is 0. The molecular weight excluding hydrogens is 208 g/mol. The number of aromatic nitrogens is 2. The molecule has 1 aromatic heterocycles. The molecular formula is C11H10N2O3. The van der Waals surface area contributed by atoms with Crippen molar-refractivity contribution < 1.29 is 9.90 Å². The van der Waals surface area contributed by atoms with E-state index in [1.54, 1.807) is 24.3 Å². The smallest absolute Gasteiger partial charge is 0.331 e. The third-order valence-corrected chi connectivity index (χ3v) is 2.26. The number of carboxylic acid groups (broad SMARTS) is 1. The molecule has 0 aliphatic rings. The molecule has 5 heteroatoms. The number of hydrogen-bond acceptors (Lipinski definition) is 2. The Balaban J connectivity index is 2.51. The fourth-order valence-electron chi connectivity index (χ4n) is 1.45. The van der Waals surface area contributed by atoms with Crippen LogP contribution in [0.25, 0.3) is 17.1 Å². The van der Waals surface area contributed by atoms with Gasteiger partial charge in [-0.1, -0.05) is 6.07 Å². The van der Waals surface area contributed by atoms with Crippen molar-refractivity contribution in [2.45, 2.75) is 6.92 Å². The molecule has 2 rings (SSSR count). The van der Waals surface area contributed by atoms with E-state index in [4.69, 9.17) is 5.11 Å². The number of H-pyrrole nitrogens is 2. The highest BCUT2D eigenvalue weighted by Gasteiger charge is 2.02. The van der Waals surface area contributed by atoms with Crippen LogP contribution in [-0.4, -0.2) is 21.0 Å². The fourth-order valence-corrected chi connectivity index (χ4v) is 1.45. The third-order valence-electron chi connectivity index (χ3n) is 2.26. The van der Waals surface area contributed by atoms with E-state index in [-0.39, 0.29) is 11.3 Å². The van der Waals surface area contributed by atoms with Crippen LogP contribution in [0, 0.1) is 0 Å². The van der Waals surface area contributed by atoms with Crippen LogP contribution in [0.15, 0.2) is 28.6 Å². The van der Waals surface area contributed by atoms with E-state index in [1.165, 1.54) is 6.92 Å². The minimum absolute atomic E-state index is 0.247. The number of carbonyl (C=O) groups is 1. The van der Waals surface area contributed by atoms with E-state index < -0.39 is 5.97 Å². The molecule has 3 N–H and O–H groups in total. The maximum atomic E-state index is 11.0. The molecule has 0 aliphatic heterocycles. The van der Waals surface area contributed by atoms with E-state index in [0.29, 0.717) is 11.0 Å². The molecule has 0 radical (unpaired) electrons. The highest BCUT2D eigenvalue weighted by molar-refractivity contribution is 5.92. The molecule has 0 unspecified atom stereocenters. The van der Waals surface area contributed by atoms with Crippen molar-refractivity contribution in [1.29, 1.82) is 0 Å². The van der Waals surface area contributed by atoms with Gasteiger partial charge in [0, 0.05) is 5.57 Å². The lowest BCUT2D eigenvalue weighted by Gasteiger charge is -1.96. The quantitative estimate of drug-likeness (QED) is 0.665. The van der Waals surface area contributed by atoms with Gasteiger partial charge in [-0.05, 0) is 30.7 Å². The van der Waals surface area contributed by atoms with Crippen LogP contribution in [0.3, 0.4) is 0 Å². The number of aromatic amines is 2. The van der Waals surface area contributed by atoms with Gasteiger partial charge in [-0.15, -0.1) is 0 Å². The number of nitrogens with one attached hydrogen (secondary N) is 2. The zero-order valence-corrected chi connectivity index (χ0v) is 8.57. The molecule has 1 aromatic carbocycles. The van der Waals surface area contributed by atoms with E-state index in [0.717, 1.165) is 5.56 Å². The van der Waals surface area contributed by atoms with Crippen LogP contribution < -0.4 is 5.69 Å². The molecule has 0 saturated carbocycles. The Kier molecular flexibility index (Phi) is 2.36. The summed E-state index contributed by atoms with van der Waals surface area (Å²) in [6.07, 6.45) is 1.55. The third kappa shape index (κ3) is 1.88. The SMILES string of the molecule is C/C(=C\c1ccc2[nH]c(=O)[nH]c2c1)C(=O)O. The zero-order chi connectivity index (χ0) is 11.7. The number of aliphatic carboxylic acids is 1. The van der Waals surface area contributed by atoms with Gasteiger partial charge in [0.25, 0.3) is 0 Å². The standard InChI is InChI=1S/C11H10N2O3/c1-6(10(14)15)4-7-2-3-8-9(5-7)13-11(16)12-8/h2-5H,1H3,(H,14,15)(H2,12,13,16)/b6-4+. The van der Waals surface area contributed by atoms with Crippen LogP contribution in [-0.2, 0) is 4.79 Å². The summed E-state index contributed by atoms with van der Waals surface area (Å²) in [5.41, 5.74) is 2.08. The normalized spacial score (nSPS) is 11.9. The van der Waals surface area contributed by atoms with Gasteiger partial charge in [-0.2, -0.15) is 0 Å². The Morgan fingerprint density at radius 1 is 1.31 bits per heavy atom. The van der Waals surface area contributed by atoms with E-state index in [9.17, 15) is 9.59 Å². The monoisotopic (exact) mass is 218 g/mol. The van der Waals surface area contributed by atoms with Crippen molar-refractivity contribution in [3.63, 3.8) is 0 Å². The molecule has 0 saturated heterocycles. The predicted octanol–water partition coefficient (Wildman–Crippen LogP) is 1.34. The lowest BCUT2D eigenvalue weighted by molar-refractivity contribution is -0.132. The molecule has 0 aliphatic carbocycles. The van der Waals surface area contributed by atoms with Crippen LogP contribution in [0.5, 0.6) is 0 Å². The van der Waals surface area contributed by atoms with Gasteiger partial charge in [0.15, 0.2) is 0 Å². The number of hydrogen-bond donors (Lipinski definition) is 3. The van der Waals surface area contributed by atoms with Crippen molar-refractivity contribution in [2.24, 2.45) is 0 Å². The lowest BCUT2D eigenvalue weighted by atomic mass is 10.1. The first-order valence-electron chi connectivity index (χ1n) is 4.70. The van der Waals surface area contributed by atoms with E-state index in [1.807, 2.05) is 0 Å². The molecule has 5 nitrogen and oxygen atoms in total. The highest BCUT2D eigenvalue weighted by atomic mass is 16.4. The van der Waals surface area contributed by atoms with Gasteiger partial charge in [-0.3, -0.25) is 0 Å². The van der Waals surface area contributed by atoms with Crippen molar-refractivity contribution in [3.8, 4) is 0 Å². The second-order valence-electron chi connectivity index (χ2n) is 3.52. The maximum absolute atomic E-state index is 11.0. The Morgan fingerprint density at radius 3 is 2.69 bits per heavy atom. The molecule has 0 amide bonds. The minimum atomic E-state index is -0.956. The van der Waals surface area contributed by atoms with Gasteiger partial charge in [0.05, 0.1) is 11.0 Å². The first kappa shape index (κ1) is 10.2. The Hall–Kier alpha value is -2.30. The molecule has 0 spiro atoms. The van der Waals surface area contributed by atoms with Crippen molar-refractivity contribution in [2.75, 3.05) is 0 Å². The number of fused-ring (bicyclic) bond motifs is 1. The van der Waals surface area contributed by atoms with Gasteiger partial charge in [0.2, 0.25) is 0 Å². The average molecular weight is 218 g/mol. The molecule has 0 fully saturated rings. The first-order chi connectivity index (χ1) is 7.56. The van der Waals surface area contributed by atoms with E-state index >= 15 is 0 Å². The summed E-state index contributed by atoms with van der Waals surface area (Å²) in [6.45, 7) is 1.52. The Bertz CT molecular complexity index is 634. The molecule has 16 heavy (non-hydrogen) atoms. The summed E-state index contributed by atoms with van der Waals surface area (Å²) in [5, 5.41) is 8.73. The van der Waals surface area contributed by atoms with E-state index in [2.05, 4.69) is 9.97 Å². The molecule has 0 bridgehead atoms. The largest absolute Gasteiger partial charge is 0.478 e. The lowest BCUT2D eigenvalue weighted by Crippen LogP contribution is -1.99. The summed E-state index contributed by atoms with van der Waals surface area (Å²) in [6, 6.07) is 5.20. The second kappa shape index (κ2) is 3.69. The first-order valence-corrected chi connectivity index (χ1v) is 4.70. The summed E-state index contributed by atoms with van der Waals surface area (Å²) >= 11 is 0. The van der Waals surface area contributed by atoms with Gasteiger partial charge in [-0.25, -0.2) is 9.59 Å². The second-order valence-corrected chi connectivity index (χ2v) is 3.52. The summed E-state index contributed by atoms with van der Waals surface area (Å²) < 4.78 is 0. The topological polar surface area (TPSA) is 86.0 Å². The Labute approximate surface area is 90.4 Å². The van der Waals surface area contributed by atoms with Crippen LogP contribution >= 0.6 is 0 Å². The van der Waals surface area contributed by atoms with Crippen molar-refractivity contribution in [3.05, 3.63) is 39.8 Å². The summed E-state index contributed by atoms with van der Waals surface area (Å²) in [4.78, 5) is 26.9. The zero-order valence-electron chi connectivity index (χ0n) is 8.57. The number of rotatable bonds is 2. The maximum Gasteiger partial charge on any atom is 0.331 e. The Morgan fingerprint density at radius 2 is 2.00 bits per heavy atom. The van der Waals surface area contributed by atoms with Crippen molar-refractivity contribution in [1.82, 2.24) is 9.97 Å². The minimum Gasteiger partial charge on any atom is -0.478 e. The summed E-state index contributed by atoms with van der Waals surface area (Å²) in [5.74, 6) is -0.956. The van der Waals surface area contributed by atoms with Gasteiger partial charge < -0.3 is 15.1 Å². The van der Waals surface area contributed by atoms with Crippen LogP contribution in [0.1, 0.15) is 12.5 Å². The average Bonchev–Trinajstić information content (AvgIpc) is 2.57. The molecule has 2 aromatic rings. The number of benzene rings is 1. The van der Waals surface area contributed by atoms with Gasteiger partial charge >= 0.3 is 11.7 Å². The molecule has 82 valence electrons. The van der Waals surface area contributed by atoms with Crippen LogP contribution in [0.2, 0.25) is 0 Å². The van der Waals surface area contributed by atoms with Crippen molar-refractivity contribution >= 4 is 23.1 Å². The fraction of sp³-hybridized carbons (Fsp3) is 0.0909. The number of imidazole rings is 1. The predicted molar refractivity (Wildman–Crippen MR) is 60.2 cm³/mol.